The summed E-state index contributed by atoms with van der Waals surface area (Å²) in [6.07, 6.45) is 0.749. The van der Waals surface area contributed by atoms with E-state index in [1.165, 1.54) is 30.9 Å². The molecule has 0 saturated carbocycles. The third-order valence-electron chi connectivity index (χ3n) is 3.77. The molecule has 0 bridgehead atoms. The number of alkyl halides is 3. The van der Waals surface area contributed by atoms with E-state index in [2.05, 4.69) is 10.1 Å². The molecule has 1 heterocycles. The zero-order valence-electron chi connectivity index (χ0n) is 13.5. The molecule has 0 aliphatic rings. The van der Waals surface area contributed by atoms with Crippen molar-refractivity contribution in [3.63, 3.8) is 0 Å². The first-order valence-electron chi connectivity index (χ1n) is 7.60. The van der Waals surface area contributed by atoms with Gasteiger partial charge in [-0.2, -0.15) is 18.3 Å². The average molecular weight is 433 g/mol. The maximum atomic E-state index is 13.6. The Morgan fingerprint density at radius 2 is 1.74 bits per heavy atom. The Kier molecular flexibility index (Phi) is 5.79. The molecule has 3 aromatic rings. The van der Waals surface area contributed by atoms with Crippen LogP contribution >= 0.6 is 34.8 Å². The molecule has 9 heteroatoms. The van der Waals surface area contributed by atoms with Crippen LogP contribution in [0.4, 0.5) is 13.2 Å². The summed E-state index contributed by atoms with van der Waals surface area (Å²) < 4.78 is 42.3. The van der Waals surface area contributed by atoms with E-state index < -0.39 is 12.1 Å². The van der Waals surface area contributed by atoms with Gasteiger partial charge in [-0.3, -0.25) is 0 Å². The van der Waals surface area contributed by atoms with Crippen molar-refractivity contribution in [1.82, 2.24) is 14.8 Å². The second-order valence-corrected chi connectivity index (χ2v) is 6.82. The normalized spacial score (nSPS) is 13.3. The predicted molar refractivity (Wildman–Crippen MR) is 101 cm³/mol. The standard InChI is InChI=1S/C18H11Cl3F3N3/c19-12-7-14(17(21)16(20)8-12)15(18(22,23)24)6-3-11-1-4-13(5-2-11)27-10-25-9-26-27/h1-10,15H. The Morgan fingerprint density at radius 3 is 2.33 bits per heavy atom. The van der Waals surface area contributed by atoms with E-state index in [1.54, 1.807) is 28.9 Å². The van der Waals surface area contributed by atoms with Gasteiger partial charge < -0.3 is 0 Å². The van der Waals surface area contributed by atoms with Gasteiger partial charge in [-0.1, -0.05) is 59.1 Å². The molecule has 2 aromatic carbocycles. The molecule has 3 rings (SSSR count). The van der Waals surface area contributed by atoms with Crippen LogP contribution in [0.1, 0.15) is 17.0 Å². The SMILES string of the molecule is FC(F)(F)C(C=Cc1ccc(-n2cncn2)cc1)c1cc(Cl)cc(Cl)c1Cl. The van der Waals surface area contributed by atoms with E-state index in [1.807, 2.05) is 0 Å². The number of rotatable bonds is 4. The number of allylic oxidation sites excluding steroid dienone is 1. The van der Waals surface area contributed by atoms with Crippen LogP contribution in [0.2, 0.25) is 15.1 Å². The average Bonchev–Trinajstić information content (AvgIpc) is 3.13. The van der Waals surface area contributed by atoms with Gasteiger partial charge in [-0.05, 0) is 35.4 Å². The van der Waals surface area contributed by atoms with E-state index in [-0.39, 0.29) is 20.6 Å². The van der Waals surface area contributed by atoms with Gasteiger partial charge in [0.05, 0.1) is 21.7 Å². The van der Waals surface area contributed by atoms with E-state index in [4.69, 9.17) is 34.8 Å². The quantitative estimate of drug-likeness (QED) is 0.436. The molecule has 1 atom stereocenters. The van der Waals surface area contributed by atoms with Gasteiger partial charge in [-0.25, -0.2) is 9.67 Å². The summed E-state index contributed by atoms with van der Waals surface area (Å²) in [6.45, 7) is 0. The molecule has 0 radical (unpaired) electrons. The van der Waals surface area contributed by atoms with Crippen LogP contribution in [0.25, 0.3) is 11.8 Å². The van der Waals surface area contributed by atoms with Gasteiger partial charge in [0.25, 0.3) is 0 Å². The minimum Gasteiger partial charge on any atom is -0.223 e. The molecular weight excluding hydrogens is 422 g/mol. The monoisotopic (exact) mass is 431 g/mol. The summed E-state index contributed by atoms with van der Waals surface area (Å²) in [5.41, 5.74) is 1.12. The zero-order chi connectivity index (χ0) is 19.6. The van der Waals surface area contributed by atoms with Gasteiger partial charge in [-0.15, -0.1) is 0 Å². The summed E-state index contributed by atoms with van der Waals surface area (Å²) in [6, 6.07) is 9.27. The van der Waals surface area contributed by atoms with Gasteiger partial charge in [0.1, 0.15) is 12.7 Å². The summed E-state index contributed by atoms with van der Waals surface area (Å²) in [5.74, 6) is -1.95. The second-order valence-electron chi connectivity index (χ2n) is 5.60. The second kappa shape index (κ2) is 7.92. The van der Waals surface area contributed by atoms with Crippen molar-refractivity contribution < 1.29 is 13.2 Å². The Labute approximate surface area is 168 Å². The molecule has 0 aliphatic heterocycles. The highest BCUT2D eigenvalue weighted by atomic mass is 35.5. The molecular formula is C18H11Cl3F3N3. The van der Waals surface area contributed by atoms with Gasteiger partial charge in [0, 0.05) is 5.02 Å². The minimum atomic E-state index is -4.56. The molecule has 0 fully saturated rings. The fourth-order valence-electron chi connectivity index (χ4n) is 2.48. The van der Waals surface area contributed by atoms with Crippen molar-refractivity contribution in [3.8, 4) is 5.69 Å². The van der Waals surface area contributed by atoms with Crippen molar-refractivity contribution in [2.75, 3.05) is 0 Å². The lowest BCUT2D eigenvalue weighted by Crippen LogP contribution is -2.19. The zero-order valence-corrected chi connectivity index (χ0v) is 15.7. The Balaban J connectivity index is 1.92. The van der Waals surface area contributed by atoms with Crippen LogP contribution in [0, 0.1) is 0 Å². The van der Waals surface area contributed by atoms with Crippen LogP contribution in [0.5, 0.6) is 0 Å². The molecule has 0 aliphatic carbocycles. The molecule has 0 amide bonds. The van der Waals surface area contributed by atoms with E-state index in [0.717, 1.165) is 11.8 Å². The van der Waals surface area contributed by atoms with Crippen molar-refractivity contribution >= 4 is 40.9 Å². The maximum Gasteiger partial charge on any atom is 0.399 e. The third-order valence-corrected chi connectivity index (χ3v) is 4.80. The number of hydrogen-bond acceptors (Lipinski definition) is 2. The smallest absolute Gasteiger partial charge is 0.223 e. The topological polar surface area (TPSA) is 30.7 Å². The summed E-state index contributed by atoms with van der Waals surface area (Å²) in [5, 5.41) is 3.87. The lowest BCUT2D eigenvalue weighted by Gasteiger charge is -2.19. The van der Waals surface area contributed by atoms with Crippen LogP contribution in [-0.2, 0) is 0 Å². The molecule has 0 N–H and O–H groups in total. The third kappa shape index (κ3) is 4.64. The van der Waals surface area contributed by atoms with Crippen molar-refractivity contribution in [3.05, 3.63) is 81.3 Å². The molecule has 0 saturated heterocycles. The first-order chi connectivity index (χ1) is 12.8. The molecule has 3 nitrogen and oxygen atoms in total. The molecule has 140 valence electrons. The Morgan fingerprint density at radius 1 is 1.04 bits per heavy atom. The molecule has 1 aromatic heterocycles. The summed E-state index contributed by atoms with van der Waals surface area (Å²) >= 11 is 17.7. The maximum absolute atomic E-state index is 13.6. The van der Waals surface area contributed by atoms with Crippen LogP contribution in [0.3, 0.4) is 0 Å². The minimum absolute atomic E-state index is 0.0287. The fourth-order valence-corrected chi connectivity index (χ4v) is 3.21. The highest BCUT2D eigenvalue weighted by molar-refractivity contribution is 6.43. The van der Waals surface area contributed by atoms with Crippen LogP contribution in [-0.4, -0.2) is 20.9 Å². The van der Waals surface area contributed by atoms with Crippen molar-refractivity contribution in [2.45, 2.75) is 12.1 Å². The van der Waals surface area contributed by atoms with Crippen molar-refractivity contribution in [2.24, 2.45) is 0 Å². The summed E-state index contributed by atoms with van der Waals surface area (Å²) in [4.78, 5) is 3.84. The number of halogens is 6. The molecule has 0 spiro atoms. The van der Waals surface area contributed by atoms with E-state index in [9.17, 15) is 13.2 Å². The number of benzene rings is 2. The lowest BCUT2D eigenvalue weighted by molar-refractivity contribution is -0.139. The number of aromatic nitrogens is 3. The Hall–Kier alpha value is -2.02. The van der Waals surface area contributed by atoms with E-state index in [0.29, 0.717) is 5.56 Å². The molecule has 1 unspecified atom stereocenters. The van der Waals surface area contributed by atoms with Crippen LogP contribution < -0.4 is 0 Å². The Bertz CT molecular complexity index is 952. The predicted octanol–water partition coefficient (Wildman–Crippen LogP) is 6.59. The van der Waals surface area contributed by atoms with Crippen molar-refractivity contribution in [1.29, 1.82) is 0 Å². The number of hydrogen-bond donors (Lipinski definition) is 0. The van der Waals surface area contributed by atoms with Gasteiger partial charge in [0.15, 0.2) is 0 Å². The highest BCUT2D eigenvalue weighted by Crippen LogP contribution is 2.42. The van der Waals surface area contributed by atoms with Gasteiger partial charge >= 0.3 is 6.18 Å². The lowest BCUT2D eigenvalue weighted by atomic mass is 9.97. The first-order valence-corrected chi connectivity index (χ1v) is 8.73. The fraction of sp³-hybridized carbons (Fsp3) is 0.111. The highest BCUT2D eigenvalue weighted by Gasteiger charge is 2.40. The summed E-state index contributed by atoms with van der Waals surface area (Å²) in [7, 11) is 0. The first kappa shape index (κ1) is 19.7. The van der Waals surface area contributed by atoms with Gasteiger partial charge in [0.2, 0.25) is 0 Å². The largest absolute Gasteiger partial charge is 0.399 e. The van der Waals surface area contributed by atoms with Crippen LogP contribution in [0.15, 0.2) is 55.1 Å². The van der Waals surface area contributed by atoms with E-state index >= 15 is 0 Å². The molecule has 27 heavy (non-hydrogen) atoms. The number of nitrogens with zero attached hydrogens (tertiary/aromatic N) is 3.